The van der Waals surface area contributed by atoms with Gasteiger partial charge in [-0.1, -0.05) is 55.8 Å². The first-order chi connectivity index (χ1) is 13.9. The van der Waals surface area contributed by atoms with E-state index >= 15 is 0 Å². The molecule has 1 aromatic heterocycles. The highest BCUT2D eigenvalue weighted by Crippen LogP contribution is 2.11. The minimum atomic E-state index is -0.731. The summed E-state index contributed by atoms with van der Waals surface area (Å²) < 4.78 is 2.06. The number of carbonyl (C=O) groups excluding carboxylic acids is 1. The minimum Gasteiger partial charge on any atom is -0.350 e. The van der Waals surface area contributed by atoms with Gasteiger partial charge in [0, 0.05) is 11.6 Å². The third-order valence-electron chi connectivity index (χ3n) is 4.20. The summed E-state index contributed by atoms with van der Waals surface area (Å²) >= 11 is 5.93. The molecule has 2 aromatic carbocycles. The maximum atomic E-state index is 13.0. The van der Waals surface area contributed by atoms with E-state index in [0.717, 1.165) is 14.8 Å². The molecule has 0 spiro atoms. The lowest BCUT2D eigenvalue weighted by atomic mass is 10.2. The average molecular weight is 413 g/mol. The number of amides is 1. The fourth-order valence-corrected chi connectivity index (χ4v) is 2.82. The second kappa shape index (κ2) is 8.87. The Hall–Kier alpha value is -3.19. The normalized spacial score (nSPS) is 10.9. The summed E-state index contributed by atoms with van der Waals surface area (Å²) in [7, 11) is 0. The van der Waals surface area contributed by atoms with Crippen molar-refractivity contribution >= 4 is 17.5 Å². The third-order valence-corrected chi connectivity index (χ3v) is 4.45. The standard InChI is InChI=1S/C21H21ClN4O3/c1-14(2)12-23-19(27)18-20(28)25(13-15-6-4-3-5-7-15)21(29)26(24-18)17-10-8-16(22)9-11-17/h3-11,14H,12-13H2,1-2H3,(H,23,27). The van der Waals surface area contributed by atoms with Crippen LogP contribution in [0.1, 0.15) is 29.9 Å². The highest BCUT2D eigenvalue weighted by Gasteiger charge is 2.20. The van der Waals surface area contributed by atoms with Crippen molar-refractivity contribution in [2.45, 2.75) is 20.4 Å². The van der Waals surface area contributed by atoms with Crippen molar-refractivity contribution in [3.8, 4) is 5.69 Å². The number of hydrogen-bond donors (Lipinski definition) is 1. The molecule has 1 heterocycles. The van der Waals surface area contributed by atoms with Crippen molar-refractivity contribution in [2.75, 3.05) is 6.54 Å². The van der Waals surface area contributed by atoms with Gasteiger partial charge in [0.05, 0.1) is 12.2 Å². The van der Waals surface area contributed by atoms with E-state index in [4.69, 9.17) is 11.6 Å². The average Bonchev–Trinajstić information content (AvgIpc) is 2.71. The number of benzene rings is 2. The van der Waals surface area contributed by atoms with Gasteiger partial charge in [0.1, 0.15) is 0 Å². The Morgan fingerprint density at radius 3 is 2.34 bits per heavy atom. The Labute approximate surface area is 172 Å². The molecule has 150 valence electrons. The van der Waals surface area contributed by atoms with E-state index < -0.39 is 17.2 Å². The molecule has 0 aliphatic rings. The minimum absolute atomic E-state index is 0.0269. The van der Waals surface area contributed by atoms with Crippen molar-refractivity contribution in [1.29, 1.82) is 0 Å². The van der Waals surface area contributed by atoms with Gasteiger partial charge in [0.15, 0.2) is 0 Å². The highest BCUT2D eigenvalue weighted by atomic mass is 35.5. The zero-order chi connectivity index (χ0) is 21.0. The molecule has 0 aliphatic carbocycles. The van der Waals surface area contributed by atoms with Crippen LogP contribution in [0.5, 0.6) is 0 Å². The molecule has 0 aliphatic heterocycles. The first-order valence-corrected chi connectivity index (χ1v) is 9.57. The van der Waals surface area contributed by atoms with Crippen LogP contribution in [0.15, 0.2) is 64.2 Å². The Bertz CT molecular complexity index is 1120. The van der Waals surface area contributed by atoms with Crippen LogP contribution in [-0.2, 0) is 6.54 Å². The van der Waals surface area contributed by atoms with Crippen LogP contribution in [0.2, 0.25) is 5.02 Å². The van der Waals surface area contributed by atoms with Crippen molar-refractivity contribution in [3.05, 3.63) is 91.7 Å². The van der Waals surface area contributed by atoms with Crippen LogP contribution in [0.3, 0.4) is 0 Å². The van der Waals surface area contributed by atoms with E-state index in [0.29, 0.717) is 17.3 Å². The molecular weight excluding hydrogens is 392 g/mol. The molecule has 0 saturated heterocycles. The van der Waals surface area contributed by atoms with Crippen molar-refractivity contribution in [3.63, 3.8) is 0 Å². The van der Waals surface area contributed by atoms with Gasteiger partial charge in [-0.2, -0.15) is 9.78 Å². The number of rotatable bonds is 6. The summed E-state index contributed by atoms with van der Waals surface area (Å²) in [5, 5.41) is 7.25. The quantitative estimate of drug-likeness (QED) is 0.674. The van der Waals surface area contributed by atoms with Crippen molar-refractivity contribution < 1.29 is 4.79 Å². The van der Waals surface area contributed by atoms with E-state index in [-0.39, 0.29) is 18.2 Å². The predicted octanol–water partition coefficient (Wildman–Crippen LogP) is 2.48. The van der Waals surface area contributed by atoms with Gasteiger partial charge in [0.2, 0.25) is 5.69 Å². The largest absolute Gasteiger partial charge is 0.352 e. The first-order valence-electron chi connectivity index (χ1n) is 9.19. The van der Waals surface area contributed by atoms with Gasteiger partial charge in [-0.25, -0.2) is 4.79 Å². The van der Waals surface area contributed by atoms with Gasteiger partial charge in [-0.05, 0) is 35.7 Å². The lowest BCUT2D eigenvalue weighted by Crippen LogP contribution is -2.46. The molecule has 8 heteroatoms. The van der Waals surface area contributed by atoms with Crippen LogP contribution in [-0.4, -0.2) is 26.8 Å². The summed E-state index contributed by atoms with van der Waals surface area (Å²) in [5.74, 6) is -0.416. The molecular formula is C21H21ClN4O3. The molecule has 1 N–H and O–H groups in total. The lowest BCUT2D eigenvalue weighted by Gasteiger charge is -2.13. The molecule has 29 heavy (non-hydrogen) atoms. The number of nitrogens with zero attached hydrogens (tertiary/aromatic N) is 3. The van der Waals surface area contributed by atoms with E-state index in [9.17, 15) is 14.4 Å². The zero-order valence-corrected chi connectivity index (χ0v) is 16.9. The molecule has 7 nitrogen and oxygen atoms in total. The Kier molecular flexibility index (Phi) is 6.29. The maximum Gasteiger partial charge on any atom is 0.352 e. The fraction of sp³-hybridized carbons (Fsp3) is 0.238. The van der Waals surface area contributed by atoms with E-state index in [2.05, 4.69) is 10.4 Å². The van der Waals surface area contributed by atoms with Crippen LogP contribution >= 0.6 is 11.6 Å². The van der Waals surface area contributed by atoms with Gasteiger partial charge >= 0.3 is 5.69 Å². The molecule has 0 bridgehead atoms. The Morgan fingerprint density at radius 1 is 1.07 bits per heavy atom. The van der Waals surface area contributed by atoms with Gasteiger partial charge in [-0.3, -0.25) is 14.2 Å². The molecule has 1 amide bonds. The Morgan fingerprint density at radius 2 is 1.72 bits per heavy atom. The monoisotopic (exact) mass is 412 g/mol. The number of halogens is 1. The predicted molar refractivity (Wildman–Crippen MR) is 112 cm³/mol. The number of hydrogen-bond acceptors (Lipinski definition) is 4. The first kappa shape index (κ1) is 20.5. The lowest BCUT2D eigenvalue weighted by molar-refractivity contribution is 0.0939. The molecule has 3 rings (SSSR count). The summed E-state index contributed by atoms with van der Waals surface area (Å²) in [6.07, 6.45) is 0. The van der Waals surface area contributed by atoms with Crippen LogP contribution < -0.4 is 16.6 Å². The number of aromatic nitrogens is 3. The smallest absolute Gasteiger partial charge is 0.350 e. The van der Waals surface area contributed by atoms with Crippen LogP contribution in [0.4, 0.5) is 0 Å². The number of nitrogens with one attached hydrogen (secondary N) is 1. The van der Waals surface area contributed by atoms with Gasteiger partial charge in [-0.15, -0.1) is 0 Å². The van der Waals surface area contributed by atoms with Gasteiger partial charge < -0.3 is 5.32 Å². The molecule has 0 radical (unpaired) electrons. The SMILES string of the molecule is CC(C)CNC(=O)c1nn(-c2ccc(Cl)cc2)c(=O)n(Cc2ccccc2)c1=O. The van der Waals surface area contributed by atoms with Crippen molar-refractivity contribution in [1.82, 2.24) is 19.7 Å². The molecule has 0 saturated carbocycles. The van der Waals surface area contributed by atoms with Crippen LogP contribution in [0, 0.1) is 5.92 Å². The van der Waals surface area contributed by atoms with Crippen molar-refractivity contribution in [2.24, 2.45) is 5.92 Å². The molecule has 0 unspecified atom stereocenters. The second-order valence-electron chi connectivity index (χ2n) is 7.00. The highest BCUT2D eigenvalue weighted by molar-refractivity contribution is 6.30. The van der Waals surface area contributed by atoms with E-state index in [1.165, 1.54) is 0 Å². The summed E-state index contributed by atoms with van der Waals surface area (Å²) in [6, 6.07) is 15.5. The molecule has 0 fully saturated rings. The molecule has 3 aromatic rings. The molecule has 0 atom stereocenters. The number of carbonyl (C=O) groups is 1. The topological polar surface area (TPSA) is 86.0 Å². The van der Waals surface area contributed by atoms with Gasteiger partial charge in [0.25, 0.3) is 11.5 Å². The summed E-state index contributed by atoms with van der Waals surface area (Å²) in [6.45, 7) is 4.30. The maximum absolute atomic E-state index is 13.0. The van der Waals surface area contributed by atoms with Crippen LogP contribution in [0.25, 0.3) is 5.69 Å². The second-order valence-corrected chi connectivity index (χ2v) is 7.44. The fourth-order valence-electron chi connectivity index (χ4n) is 2.69. The van der Waals surface area contributed by atoms with E-state index in [1.807, 2.05) is 32.0 Å². The zero-order valence-electron chi connectivity index (χ0n) is 16.1. The summed E-state index contributed by atoms with van der Waals surface area (Å²) in [4.78, 5) is 38.5. The Balaban J connectivity index is 2.15. The third kappa shape index (κ3) is 4.81. The summed E-state index contributed by atoms with van der Waals surface area (Å²) in [5.41, 5.74) is -0.545. The van der Waals surface area contributed by atoms with E-state index in [1.54, 1.807) is 36.4 Å².